The van der Waals surface area contributed by atoms with Crippen LogP contribution in [0.15, 0.2) is 68.0 Å². The molecule has 0 aromatic heterocycles. The molecule has 21 heavy (non-hydrogen) atoms. The molecule has 0 N–H and O–H groups in total. The van der Waals surface area contributed by atoms with Crippen molar-refractivity contribution in [2.75, 3.05) is 4.90 Å². The van der Waals surface area contributed by atoms with Gasteiger partial charge in [-0.05, 0) is 24.3 Å². The van der Waals surface area contributed by atoms with Crippen molar-refractivity contribution in [1.29, 1.82) is 0 Å². The molecule has 0 bridgehead atoms. The van der Waals surface area contributed by atoms with Crippen molar-refractivity contribution in [2.24, 2.45) is 0 Å². The van der Waals surface area contributed by atoms with Crippen LogP contribution in [0.25, 0.3) is 0 Å². The molecule has 0 fully saturated rings. The van der Waals surface area contributed by atoms with Crippen molar-refractivity contribution in [3.8, 4) is 0 Å². The molecule has 7 heteroatoms. The van der Waals surface area contributed by atoms with E-state index < -0.39 is 9.84 Å². The molecule has 0 atom stereocenters. The number of anilines is 2. The van der Waals surface area contributed by atoms with Gasteiger partial charge in [-0.1, -0.05) is 59.1 Å². The molecule has 0 saturated carbocycles. The van der Waals surface area contributed by atoms with Crippen LogP contribution in [-0.4, -0.2) is 8.42 Å². The summed E-state index contributed by atoms with van der Waals surface area (Å²) in [4.78, 5) is 1.86. The summed E-state index contributed by atoms with van der Waals surface area (Å²) in [7, 11) is -3.60. The van der Waals surface area contributed by atoms with Gasteiger partial charge in [0, 0.05) is 0 Å². The Morgan fingerprint density at radius 3 is 1.67 bits per heavy atom. The number of sulfone groups is 1. The Balaban J connectivity index is 2.43. The van der Waals surface area contributed by atoms with E-state index in [1.165, 1.54) is 17.0 Å². The van der Waals surface area contributed by atoms with Gasteiger partial charge in [0.2, 0.25) is 9.84 Å². The van der Waals surface area contributed by atoms with Crippen LogP contribution >= 0.6 is 34.8 Å². The van der Waals surface area contributed by atoms with Gasteiger partial charge in [0.25, 0.3) is 0 Å². The SMILES string of the molecule is O=S1(=O)c2ccccc2N(C(Cl)=C(Cl)Cl)c2ccccc21. The summed E-state index contributed by atoms with van der Waals surface area (Å²) in [6.45, 7) is 0. The van der Waals surface area contributed by atoms with Crippen LogP contribution in [0.3, 0.4) is 0 Å². The molecule has 2 aromatic rings. The lowest BCUT2D eigenvalue weighted by Crippen LogP contribution is -2.24. The van der Waals surface area contributed by atoms with E-state index in [0.717, 1.165) is 0 Å². The highest BCUT2D eigenvalue weighted by Gasteiger charge is 2.35. The number of hydrogen-bond acceptors (Lipinski definition) is 3. The van der Waals surface area contributed by atoms with Crippen LogP contribution in [0.1, 0.15) is 0 Å². The first-order valence-electron chi connectivity index (χ1n) is 5.88. The molecule has 1 aliphatic rings. The zero-order valence-corrected chi connectivity index (χ0v) is 13.5. The zero-order valence-electron chi connectivity index (χ0n) is 10.4. The summed E-state index contributed by atoms with van der Waals surface area (Å²) in [5, 5.41) is 0.0492. The summed E-state index contributed by atoms with van der Waals surface area (Å²) in [6.07, 6.45) is 0. The molecule has 0 amide bonds. The van der Waals surface area contributed by atoms with E-state index in [2.05, 4.69) is 0 Å². The largest absolute Gasteiger partial charge is 0.296 e. The fourth-order valence-corrected chi connectivity index (χ4v) is 4.26. The normalized spacial score (nSPS) is 15.1. The van der Waals surface area contributed by atoms with Crippen LogP contribution in [0, 0.1) is 0 Å². The Morgan fingerprint density at radius 1 is 0.810 bits per heavy atom. The van der Waals surface area contributed by atoms with Crippen molar-refractivity contribution in [3.63, 3.8) is 0 Å². The second-order valence-electron chi connectivity index (χ2n) is 4.33. The van der Waals surface area contributed by atoms with Gasteiger partial charge in [-0.25, -0.2) is 8.42 Å². The van der Waals surface area contributed by atoms with Crippen LogP contribution in [-0.2, 0) is 9.84 Å². The van der Waals surface area contributed by atoms with Crippen LogP contribution in [0.4, 0.5) is 11.4 Å². The first-order valence-corrected chi connectivity index (χ1v) is 8.50. The molecule has 1 aliphatic heterocycles. The van der Waals surface area contributed by atoms with Gasteiger partial charge in [0.15, 0.2) is 0 Å². The van der Waals surface area contributed by atoms with Crippen LogP contribution < -0.4 is 4.90 Å². The molecule has 1 heterocycles. The van der Waals surface area contributed by atoms with Gasteiger partial charge >= 0.3 is 0 Å². The lowest BCUT2D eigenvalue weighted by atomic mass is 10.2. The number of rotatable bonds is 1. The van der Waals surface area contributed by atoms with E-state index in [0.29, 0.717) is 11.4 Å². The fourth-order valence-electron chi connectivity index (χ4n) is 2.28. The first-order chi connectivity index (χ1) is 9.94. The quantitative estimate of drug-likeness (QED) is 0.685. The lowest BCUT2D eigenvalue weighted by Gasteiger charge is -2.32. The van der Waals surface area contributed by atoms with Crippen molar-refractivity contribution >= 4 is 56.0 Å². The maximum atomic E-state index is 12.7. The van der Waals surface area contributed by atoms with E-state index in [1.54, 1.807) is 36.4 Å². The van der Waals surface area contributed by atoms with Gasteiger partial charge in [0.05, 0.1) is 21.2 Å². The molecular weight excluding hydrogens is 353 g/mol. The third-order valence-corrected chi connectivity index (χ3v) is 5.90. The standard InChI is InChI=1S/C14H8Cl3NO2S/c15-13(16)14(17)18-9-5-1-3-7-11(9)21(19,20)12-8-4-2-6-10(12)18/h1-8H. The number of para-hydroxylation sites is 2. The second-order valence-corrected chi connectivity index (χ2v) is 7.52. The van der Waals surface area contributed by atoms with Gasteiger partial charge in [-0.3, -0.25) is 4.90 Å². The average molecular weight is 361 g/mol. The van der Waals surface area contributed by atoms with Gasteiger partial charge in [-0.2, -0.15) is 0 Å². The summed E-state index contributed by atoms with van der Waals surface area (Å²) >= 11 is 17.8. The Morgan fingerprint density at radius 2 is 1.24 bits per heavy atom. The minimum atomic E-state index is -3.60. The smallest absolute Gasteiger partial charge is 0.210 e. The van der Waals surface area contributed by atoms with Gasteiger partial charge in [0.1, 0.15) is 9.65 Å². The molecule has 0 radical (unpaired) electrons. The van der Waals surface area contributed by atoms with Gasteiger partial charge in [-0.15, -0.1) is 0 Å². The summed E-state index contributed by atoms with van der Waals surface area (Å²) < 4.78 is 25.2. The molecular formula is C14H8Cl3NO2S. The minimum absolute atomic E-state index is 0.0492. The number of fused-ring (bicyclic) bond motifs is 2. The Labute approximate surface area is 137 Å². The fraction of sp³-hybridized carbons (Fsp3) is 0. The Kier molecular flexibility index (Phi) is 3.66. The van der Waals surface area contributed by atoms with Crippen molar-refractivity contribution < 1.29 is 8.42 Å². The number of nitrogens with zero attached hydrogens (tertiary/aromatic N) is 1. The summed E-state index contributed by atoms with van der Waals surface area (Å²) in [5.41, 5.74) is 0.833. The lowest BCUT2D eigenvalue weighted by molar-refractivity contribution is 0.595. The number of halogens is 3. The number of hydrogen-bond donors (Lipinski definition) is 0. The molecule has 2 aromatic carbocycles. The van der Waals surface area contributed by atoms with E-state index in [4.69, 9.17) is 34.8 Å². The average Bonchev–Trinajstić information content (AvgIpc) is 2.47. The van der Waals surface area contributed by atoms with E-state index in [1.807, 2.05) is 0 Å². The third kappa shape index (κ3) is 2.23. The third-order valence-electron chi connectivity index (χ3n) is 3.14. The Hall–Kier alpha value is -1.20. The van der Waals surface area contributed by atoms with Crippen molar-refractivity contribution in [2.45, 2.75) is 9.79 Å². The summed E-state index contributed by atoms with van der Waals surface area (Å²) in [6, 6.07) is 13.1. The molecule has 3 rings (SSSR count). The van der Waals surface area contributed by atoms with Crippen molar-refractivity contribution in [1.82, 2.24) is 0 Å². The highest BCUT2D eigenvalue weighted by Crippen LogP contribution is 2.47. The molecule has 3 nitrogen and oxygen atoms in total. The predicted octanol–water partition coefficient (Wildman–Crippen LogP) is 4.81. The van der Waals surface area contributed by atoms with E-state index >= 15 is 0 Å². The first kappa shape index (κ1) is 14.7. The molecule has 0 aliphatic carbocycles. The molecule has 0 saturated heterocycles. The summed E-state index contributed by atoms with van der Waals surface area (Å²) in [5.74, 6) is 0. The van der Waals surface area contributed by atoms with Crippen molar-refractivity contribution in [3.05, 3.63) is 58.2 Å². The monoisotopic (exact) mass is 359 g/mol. The topological polar surface area (TPSA) is 37.4 Å². The molecule has 0 spiro atoms. The highest BCUT2D eigenvalue weighted by molar-refractivity contribution is 7.92. The van der Waals surface area contributed by atoms with E-state index in [9.17, 15) is 8.42 Å². The maximum Gasteiger partial charge on any atom is 0.210 e. The molecule has 108 valence electrons. The Bertz CT molecular complexity index is 805. The molecule has 0 unspecified atom stereocenters. The van der Waals surface area contributed by atoms with E-state index in [-0.39, 0.29) is 19.4 Å². The second kappa shape index (κ2) is 5.21. The van der Waals surface area contributed by atoms with Gasteiger partial charge < -0.3 is 0 Å². The minimum Gasteiger partial charge on any atom is -0.296 e. The maximum absolute atomic E-state index is 12.7. The number of benzene rings is 2. The van der Waals surface area contributed by atoms with Crippen LogP contribution in [0.2, 0.25) is 0 Å². The predicted molar refractivity (Wildman–Crippen MR) is 85.1 cm³/mol. The van der Waals surface area contributed by atoms with Crippen LogP contribution in [0.5, 0.6) is 0 Å². The zero-order chi connectivity index (χ0) is 15.2. The highest BCUT2D eigenvalue weighted by atomic mass is 35.5.